The van der Waals surface area contributed by atoms with Gasteiger partial charge in [-0.05, 0) is 59.1 Å². The van der Waals surface area contributed by atoms with Gasteiger partial charge in [-0.15, -0.1) is 0 Å². The fourth-order valence-corrected chi connectivity index (χ4v) is 4.84. The third-order valence-corrected chi connectivity index (χ3v) is 6.69. The number of amides is 3. The van der Waals surface area contributed by atoms with E-state index in [0.29, 0.717) is 27.7 Å². The molecule has 1 N–H and O–H groups in total. The van der Waals surface area contributed by atoms with E-state index in [4.69, 9.17) is 9.47 Å². The Morgan fingerprint density at radius 3 is 2.50 bits per heavy atom. The number of rotatable bonds is 9. The standard InChI is InChI=1S/C30H24N2O5S/c33-28(31-23-11-2-1-3-12-23)20-37-24-13-6-8-21(18-24)19-27-29(34)32(30(35)38-27)16-17-36-26-15-7-10-22-9-4-5-14-25(22)26/h1-15,18-19H,16-17,20H2,(H,31,33)/b27-19-. The van der Waals surface area contributed by atoms with Crippen molar-refractivity contribution in [3.05, 3.63) is 108 Å². The maximum Gasteiger partial charge on any atom is 0.293 e. The number of nitrogens with one attached hydrogen (secondary N) is 1. The first-order valence-electron chi connectivity index (χ1n) is 12.0. The summed E-state index contributed by atoms with van der Waals surface area (Å²) < 4.78 is 11.5. The maximum absolute atomic E-state index is 12.9. The van der Waals surface area contributed by atoms with Gasteiger partial charge < -0.3 is 14.8 Å². The summed E-state index contributed by atoms with van der Waals surface area (Å²) in [5, 5.41) is 4.45. The molecule has 0 aromatic heterocycles. The molecule has 3 amide bonds. The SMILES string of the molecule is O=C(COc1cccc(/C=C2\SC(=O)N(CCOc3cccc4ccccc34)C2=O)c1)Nc1ccccc1. The van der Waals surface area contributed by atoms with Crippen molar-refractivity contribution in [2.24, 2.45) is 0 Å². The molecule has 1 fully saturated rings. The molecule has 1 heterocycles. The summed E-state index contributed by atoms with van der Waals surface area (Å²) in [5.41, 5.74) is 1.37. The third kappa shape index (κ3) is 6.04. The van der Waals surface area contributed by atoms with E-state index in [0.717, 1.165) is 22.5 Å². The van der Waals surface area contributed by atoms with Crippen LogP contribution < -0.4 is 14.8 Å². The number of para-hydroxylation sites is 1. The van der Waals surface area contributed by atoms with E-state index in [-0.39, 0.29) is 36.8 Å². The second-order valence-electron chi connectivity index (χ2n) is 8.43. The van der Waals surface area contributed by atoms with E-state index in [2.05, 4.69) is 5.32 Å². The molecule has 1 aliphatic rings. The van der Waals surface area contributed by atoms with Crippen LogP contribution >= 0.6 is 11.8 Å². The molecule has 0 atom stereocenters. The first-order valence-corrected chi connectivity index (χ1v) is 12.8. The van der Waals surface area contributed by atoms with Crippen LogP contribution in [-0.4, -0.2) is 41.7 Å². The average Bonchev–Trinajstić information content (AvgIpc) is 3.20. The molecule has 7 nitrogen and oxygen atoms in total. The Morgan fingerprint density at radius 1 is 0.868 bits per heavy atom. The zero-order valence-corrected chi connectivity index (χ0v) is 21.1. The lowest BCUT2D eigenvalue weighted by molar-refractivity contribution is -0.123. The number of benzene rings is 4. The number of imide groups is 1. The van der Waals surface area contributed by atoms with Crippen LogP contribution in [0.15, 0.2) is 102 Å². The molecule has 0 bridgehead atoms. The number of carbonyl (C=O) groups excluding carboxylic acids is 3. The second kappa shape index (κ2) is 11.7. The second-order valence-corrected chi connectivity index (χ2v) is 9.43. The van der Waals surface area contributed by atoms with Crippen LogP contribution in [-0.2, 0) is 9.59 Å². The van der Waals surface area contributed by atoms with Gasteiger partial charge in [0.05, 0.1) is 11.4 Å². The summed E-state index contributed by atoms with van der Waals surface area (Å²) in [7, 11) is 0. The van der Waals surface area contributed by atoms with Crippen LogP contribution in [0.2, 0.25) is 0 Å². The Kier molecular flexibility index (Phi) is 7.70. The van der Waals surface area contributed by atoms with Crippen LogP contribution in [0.4, 0.5) is 10.5 Å². The number of anilines is 1. The largest absolute Gasteiger partial charge is 0.491 e. The Hall–Kier alpha value is -4.56. The number of hydrogen-bond donors (Lipinski definition) is 1. The number of fused-ring (bicyclic) bond motifs is 1. The van der Waals surface area contributed by atoms with E-state index in [9.17, 15) is 14.4 Å². The summed E-state index contributed by atoms with van der Waals surface area (Å²) in [6.45, 7) is 0.171. The number of carbonyl (C=O) groups is 3. The molecule has 0 saturated carbocycles. The molecule has 5 rings (SSSR count). The topological polar surface area (TPSA) is 84.9 Å². The molecule has 4 aromatic carbocycles. The van der Waals surface area contributed by atoms with Crippen molar-refractivity contribution >= 4 is 51.4 Å². The zero-order valence-electron chi connectivity index (χ0n) is 20.3. The summed E-state index contributed by atoms with van der Waals surface area (Å²) in [4.78, 5) is 39.1. The predicted molar refractivity (Wildman–Crippen MR) is 149 cm³/mol. The number of nitrogens with zero attached hydrogens (tertiary/aromatic N) is 1. The molecule has 4 aromatic rings. The van der Waals surface area contributed by atoms with Gasteiger partial charge >= 0.3 is 0 Å². The molecule has 38 heavy (non-hydrogen) atoms. The van der Waals surface area contributed by atoms with Gasteiger partial charge in [0.25, 0.3) is 17.1 Å². The van der Waals surface area contributed by atoms with Crippen molar-refractivity contribution in [1.82, 2.24) is 4.90 Å². The minimum absolute atomic E-state index is 0.144. The Labute approximate surface area is 224 Å². The summed E-state index contributed by atoms with van der Waals surface area (Å²) in [6, 6.07) is 29.8. The molecule has 1 aliphatic heterocycles. The first-order chi connectivity index (χ1) is 18.6. The quantitative estimate of drug-likeness (QED) is 0.272. The molecule has 1 saturated heterocycles. The van der Waals surface area contributed by atoms with Gasteiger partial charge in [0.1, 0.15) is 18.1 Å². The Morgan fingerprint density at radius 2 is 1.63 bits per heavy atom. The van der Waals surface area contributed by atoms with E-state index in [1.165, 1.54) is 4.90 Å². The van der Waals surface area contributed by atoms with Gasteiger partial charge in [0, 0.05) is 11.1 Å². The lowest BCUT2D eigenvalue weighted by atomic mass is 10.1. The predicted octanol–water partition coefficient (Wildman–Crippen LogP) is 5.97. The third-order valence-electron chi connectivity index (χ3n) is 5.78. The van der Waals surface area contributed by atoms with Crippen LogP contribution in [0.1, 0.15) is 5.56 Å². The van der Waals surface area contributed by atoms with Gasteiger partial charge in [0.15, 0.2) is 6.61 Å². The molecule has 190 valence electrons. The minimum Gasteiger partial charge on any atom is -0.491 e. The fraction of sp³-hybridized carbons (Fsp3) is 0.100. The number of thioether (sulfide) groups is 1. The highest BCUT2D eigenvalue weighted by Crippen LogP contribution is 2.33. The molecule has 0 spiro atoms. The highest BCUT2D eigenvalue weighted by atomic mass is 32.2. The number of hydrogen-bond acceptors (Lipinski definition) is 6. The molecule has 0 unspecified atom stereocenters. The zero-order chi connectivity index (χ0) is 26.3. The molecule has 0 aliphatic carbocycles. The van der Waals surface area contributed by atoms with Gasteiger partial charge in [-0.2, -0.15) is 0 Å². The highest BCUT2D eigenvalue weighted by Gasteiger charge is 2.34. The summed E-state index contributed by atoms with van der Waals surface area (Å²) in [5.74, 6) is 0.535. The molecular formula is C30H24N2O5S. The van der Waals surface area contributed by atoms with E-state index < -0.39 is 0 Å². The van der Waals surface area contributed by atoms with Crippen molar-refractivity contribution in [3.8, 4) is 11.5 Å². The van der Waals surface area contributed by atoms with Gasteiger partial charge in [-0.25, -0.2) is 0 Å². The normalized spacial score (nSPS) is 14.2. The summed E-state index contributed by atoms with van der Waals surface area (Å²) in [6.07, 6.45) is 1.65. The van der Waals surface area contributed by atoms with E-state index >= 15 is 0 Å². The van der Waals surface area contributed by atoms with Crippen molar-refractivity contribution < 1.29 is 23.9 Å². The lowest BCUT2D eigenvalue weighted by Crippen LogP contribution is -2.32. The number of ether oxygens (including phenoxy) is 2. The summed E-state index contributed by atoms with van der Waals surface area (Å²) >= 11 is 0.889. The highest BCUT2D eigenvalue weighted by molar-refractivity contribution is 8.18. The van der Waals surface area contributed by atoms with Gasteiger partial charge in [-0.1, -0.05) is 66.7 Å². The van der Waals surface area contributed by atoms with Crippen molar-refractivity contribution in [2.75, 3.05) is 25.1 Å². The van der Waals surface area contributed by atoms with Gasteiger partial charge in [0.2, 0.25) is 0 Å². The lowest BCUT2D eigenvalue weighted by Gasteiger charge is -2.14. The van der Waals surface area contributed by atoms with Gasteiger partial charge in [-0.3, -0.25) is 19.3 Å². The monoisotopic (exact) mass is 524 g/mol. The van der Waals surface area contributed by atoms with Crippen LogP contribution in [0, 0.1) is 0 Å². The molecule has 0 radical (unpaired) electrons. The van der Waals surface area contributed by atoms with E-state index in [1.807, 2.05) is 60.7 Å². The molecular weight excluding hydrogens is 500 g/mol. The van der Waals surface area contributed by atoms with Crippen molar-refractivity contribution in [3.63, 3.8) is 0 Å². The maximum atomic E-state index is 12.9. The Bertz CT molecular complexity index is 1510. The minimum atomic E-state index is -0.366. The van der Waals surface area contributed by atoms with Crippen molar-refractivity contribution in [1.29, 1.82) is 0 Å². The van der Waals surface area contributed by atoms with Crippen LogP contribution in [0.3, 0.4) is 0 Å². The molecule has 8 heteroatoms. The smallest absolute Gasteiger partial charge is 0.293 e. The van der Waals surface area contributed by atoms with Crippen LogP contribution in [0.25, 0.3) is 16.8 Å². The Balaban J connectivity index is 1.17. The van der Waals surface area contributed by atoms with E-state index in [1.54, 1.807) is 42.5 Å². The first kappa shape index (κ1) is 25.1. The fourth-order valence-electron chi connectivity index (χ4n) is 3.97. The average molecular weight is 525 g/mol. The van der Waals surface area contributed by atoms with Crippen molar-refractivity contribution in [2.45, 2.75) is 0 Å². The van der Waals surface area contributed by atoms with Crippen LogP contribution in [0.5, 0.6) is 11.5 Å².